The van der Waals surface area contributed by atoms with Crippen LogP contribution in [-0.2, 0) is 4.79 Å². The SMILES string of the molecule is CC(NC(=O)/C(C#N)=C/c1cn(-c2ccccc2)nc1-c1cccc2ccccc12)c1ccccc1. The van der Waals surface area contributed by atoms with Gasteiger partial charge in [-0.3, -0.25) is 4.79 Å². The van der Waals surface area contributed by atoms with E-state index in [0.717, 1.165) is 27.6 Å². The van der Waals surface area contributed by atoms with E-state index in [-0.39, 0.29) is 11.6 Å². The molecule has 0 saturated heterocycles. The van der Waals surface area contributed by atoms with Crippen LogP contribution >= 0.6 is 0 Å². The number of carbonyl (C=O) groups is 1. The normalized spacial score (nSPS) is 12.2. The molecule has 174 valence electrons. The number of rotatable bonds is 6. The van der Waals surface area contributed by atoms with Gasteiger partial charge in [-0.05, 0) is 41.5 Å². The Labute approximate surface area is 209 Å². The van der Waals surface area contributed by atoms with Gasteiger partial charge in [0, 0.05) is 17.3 Å². The third-order valence-corrected chi connectivity index (χ3v) is 6.12. The lowest BCUT2D eigenvalue weighted by Crippen LogP contribution is -2.27. The quantitative estimate of drug-likeness (QED) is 0.229. The Bertz CT molecular complexity index is 1590. The van der Waals surface area contributed by atoms with E-state index in [9.17, 15) is 10.1 Å². The molecule has 0 aliphatic heterocycles. The standard InChI is InChI=1S/C31H24N4O/c1-22(23-11-4-2-5-12-23)33-31(36)25(20-32)19-26-21-35(27-15-6-3-7-16-27)34-30(26)29-18-10-14-24-13-8-9-17-28(24)29/h2-19,21-22H,1H3,(H,33,36)/b25-19+. The van der Waals surface area contributed by atoms with Crippen molar-refractivity contribution in [2.45, 2.75) is 13.0 Å². The molecule has 0 aliphatic carbocycles. The second-order valence-electron chi connectivity index (χ2n) is 8.52. The predicted octanol–water partition coefficient (Wildman–Crippen LogP) is 6.48. The molecule has 1 heterocycles. The summed E-state index contributed by atoms with van der Waals surface area (Å²) in [6.07, 6.45) is 3.48. The van der Waals surface area contributed by atoms with Gasteiger partial charge in [-0.25, -0.2) is 4.68 Å². The number of amides is 1. The van der Waals surface area contributed by atoms with Crippen molar-refractivity contribution in [1.82, 2.24) is 15.1 Å². The van der Waals surface area contributed by atoms with Crippen LogP contribution in [0.1, 0.15) is 24.1 Å². The van der Waals surface area contributed by atoms with Crippen LogP contribution in [0.3, 0.4) is 0 Å². The lowest BCUT2D eigenvalue weighted by Gasteiger charge is -2.13. The first-order chi connectivity index (χ1) is 17.6. The molecule has 36 heavy (non-hydrogen) atoms. The number of carbonyl (C=O) groups excluding carboxylic acids is 1. The van der Waals surface area contributed by atoms with E-state index < -0.39 is 5.91 Å². The molecule has 1 N–H and O–H groups in total. The average molecular weight is 469 g/mol. The zero-order valence-electron chi connectivity index (χ0n) is 19.8. The zero-order valence-corrected chi connectivity index (χ0v) is 19.8. The lowest BCUT2D eigenvalue weighted by atomic mass is 9.99. The summed E-state index contributed by atoms with van der Waals surface area (Å²) in [4.78, 5) is 13.1. The summed E-state index contributed by atoms with van der Waals surface area (Å²) in [5.74, 6) is -0.426. The largest absolute Gasteiger partial charge is 0.345 e. The Balaban J connectivity index is 1.59. The molecule has 1 amide bonds. The molecule has 5 nitrogen and oxygen atoms in total. The molecule has 4 aromatic carbocycles. The molecule has 0 bridgehead atoms. The number of nitriles is 1. The second kappa shape index (κ2) is 10.1. The number of nitrogens with zero attached hydrogens (tertiary/aromatic N) is 3. The Morgan fingerprint density at radius 3 is 2.33 bits per heavy atom. The Kier molecular flexibility index (Phi) is 6.42. The van der Waals surface area contributed by atoms with Gasteiger partial charge in [0.05, 0.1) is 11.7 Å². The highest BCUT2D eigenvalue weighted by Gasteiger charge is 2.18. The molecule has 5 aromatic rings. The van der Waals surface area contributed by atoms with Gasteiger partial charge in [0.15, 0.2) is 0 Å². The summed E-state index contributed by atoms with van der Waals surface area (Å²) in [6, 6.07) is 35.5. The van der Waals surface area contributed by atoms with Crippen molar-refractivity contribution >= 4 is 22.8 Å². The molecular formula is C31H24N4O. The first kappa shape index (κ1) is 22.8. The van der Waals surface area contributed by atoms with Gasteiger partial charge in [-0.15, -0.1) is 0 Å². The van der Waals surface area contributed by atoms with Gasteiger partial charge in [-0.2, -0.15) is 10.4 Å². The topological polar surface area (TPSA) is 70.7 Å². The first-order valence-electron chi connectivity index (χ1n) is 11.7. The minimum Gasteiger partial charge on any atom is -0.345 e. The van der Waals surface area contributed by atoms with Gasteiger partial charge < -0.3 is 5.32 Å². The van der Waals surface area contributed by atoms with E-state index in [2.05, 4.69) is 29.6 Å². The number of hydrogen-bond donors (Lipinski definition) is 1. The van der Waals surface area contributed by atoms with E-state index in [1.807, 2.05) is 98.0 Å². The Hall–Kier alpha value is -4.95. The molecule has 0 saturated carbocycles. The number of para-hydroxylation sites is 1. The smallest absolute Gasteiger partial charge is 0.262 e. The third kappa shape index (κ3) is 4.66. The van der Waals surface area contributed by atoms with Crippen LogP contribution in [0, 0.1) is 11.3 Å². The van der Waals surface area contributed by atoms with E-state index in [1.54, 1.807) is 10.8 Å². The van der Waals surface area contributed by atoms with Gasteiger partial charge in [0.1, 0.15) is 17.3 Å². The van der Waals surface area contributed by atoms with Crippen molar-refractivity contribution in [3.63, 3.8) is 0 Å². The number of aromatic nitrogens is 2. The third-order valence-electron chi connectivity index (χ3n) is 6.12. The van der Waals surface area contributed by atoms with Crippen molar-refractivity contribution < 1.29 is 4.79 Å². The van der Waals surface area contributed by atoms with Gasteiger partial charge in [0.2, 0.25) is 0 Å². The number of hydrogen-bond acceptors (Lipinski definition) is 3. The first-order valence-corrected chi connectivity index (χ1v) is 11.7. The van der Waals surface area contributed by atoms with Gasteiger partial charge in [0.25, 0.3) is 5.91 Å². The minimum absolute atomic E-state index is 0.0203. The highest BCUT2D eigenvalue weighted by atomic mass is 16.1. The fourth-order valence-electron chi connectivity index (χ4n) is 4.25. The Morgan fingerprint density at radius 2 is 1.58 bits per heavy atom. The van der Waals surface area contributed by atoms with Crippen molar-refractivity contribution in [3.8, 4) is 23.0 Å². The molecule has 0 aliphatic rings. The van der Waals surface area contributed by atoms with Crippen LogP contribution < -0.4 is 5.32 Å². The summed E-state index contributed by atoms with van der Waals surface area (Å²) in [6.45, 7) is 1.90. The molecule has 1 atom stereocenters. The van der Waals surface area contributed by atoms with Crippen molar-refractivity contribution in [3.05, 3.63) is 126 Å². The fraction of sp³-hybridized carbons (Fsp3) is 0.0645. The fourth-order valence-corrected chi connectivity index (χ4v) is 4.25. The van der Waals surface area contributed by atoms with Crippen LogP contribution in [0.4, 0.5) is 0 Å². The maximum absolute atomic E-state index is 13.1. The van der Waals surface area contributed by atoms with Crippen molar-refractivity contribution in [2.24, 2.45) is 0 Å². The summed E-state index contributed by atoms with van der Waals surface area (Å²) < 4.78 is 1.78. The second-order valence-corrected chi connectivity index (χ2v) is 8.52. The molecule has 5 rings (SSSR count). The molecule has 1 unspecified atom stereocenters. The van der Waals surface area contributed by atoms with Crippen molar-refractivity contribution in [1.29, 1.82) is 5.26 Å². The number of fused-ring (bicyclic) bond motifs is 1. The van der Waals surface area contributed by atoms with Crippen LogP contribution in [0.5, 0.6) is 0 Å². The summed E-state index contributed by atoms with van der Waals surface area (Å²) in [5.41, 5.74) is 4.20. The zero-order chi connectivity index (χ0) is 24.9. The predicted molar refractivity (Wildman–Crippen MR) is 143 cm³/mol. The van der Waals surface area contributed by atoms with E-state index in [4.69, 9.17) is 5.10 Å². The molecule has 0 spiro atoms. The van der Waals surface area contributed by atoms with E-state index in [0.29, 0.717) is 11.3 Å². The highest BCUT2D eigenvalue weighted by molar-refractivity contribution is 6.04. The van der Waals surface area contributed by atoms with Gasteiger partial charge in [-0.1, -0.05) is 91.0 Å². The summed E-state index contributed by atoms with van der Waals surface area (Å²) in [7, 11) is 0. The van der Waals surface area contributed by atoms with Crippen LogP contribution in [0.15, 0.2) is 115 Å². The highest BCUT2D eigenvalue weighted by Crippen LogP contribution is 2.32. The summed E-state index contributed by atoms with van der Waals surface area (Å²) >= 11 is 0. The minimum atomic E-state index is -0.426. The lowest BCUT2D eigenvalue weighted by molar-refractivity contribution is -0.117. The number of nitrogens with one attached hydrogen (secondary N) is 1. The maximum Gasteiger partial charge on any atom is 0.262 e. The molecule has 0 radical (unpaired) electrons. The monoisotopic (exact) mass is 468 g/mol. The van der Waals surface area contributed by atoms with E-state index in [1.165, 1.54) is 0 Å². The molecular weight excluding hydrogens is 444 g/mol. The molecule has 5 heteroatoms. The number of benzene rings is 4. The van der Waals surface area contributed by atoms with Crippen LogP contribution in [0.25, 0.3) is 33.8 Å². The molecule has 1 aromatic heterocycles. The molecule has 0 fully saturated rings. The maximum atomic E-state index is 13.1. The van der Waals surface area contributed by atoms with Crippen LogP contribution in [0.2, 0.25) is 0 Å². The average Bonchev–Trinajstić information content (AvgIpc) is 3.36. The van der Waals surface area contributed by atoms with E-state index >= 15 is 0 Å². The summed E-state index contributed by atoms with van der Waals surface area (Å²) in [5, 5.41) is 19.9. The Morgan fingerprint density at radius 1 is 0.917 bits per heavy atom. The van der Waals surface area contributed by atoms with Crippen molar-refractivity contribution in [2.75, 3.05) is 0 Å². The van der Waals surface area contributed by atoms with Crippen LogP contribution in [-0.4, -0.2) is 15.7 Å². The van der Waals surface area contributed by atoms with Gasteiger partial charge >= 0.3 is 0 Å².